The molecule has 5 rings (SSSR count). The van der Waals surface area contributed by atoms with Gasteiger partial charge in [-0.25, -0.2) is 13.4 Å². The third kappa shape index (κ3) is 3.72. The molecule has 5 aromatic rings. The summed E-state index contributed by atoms with van der Waals surface area (Å²) < 4.78 is 39.8. The molecule has 0 radical (unpaired) electrons. The highest BCUT2D eigenvalue weighted by molar-refractivity contribution is 9.10. The van der Waals surface area contributed by atoms with Crippen LogP contribution >= 0.6 is 15.9 Å². The van der Waals surface area contributed by atoms with Crippen LogP contribution in [0.3, 0.4) is 0 Å². The number of rotatable bonds is 6. The van der Waals surface area contributed by atoms with Crippen molar-refractivity contribution in [1.82, 2.24) is 19.8 Å². The van der Waals surface area contributed by atoms with Crippen LogP contribution in [0.1, 0.15) is 0 Å². The zero-order valence-electron chi connectivity index (χ0n) is 18.1. The van der Waals surface area contributed by atoms with Gasteiger partial charge in [0.2, 0.25) is 14.9 Å². The number of halogens is 1. The smallest absolute Gasteiger partial charge is 0.229 e. The van der Waals surface area contributed by atoms with Crippen molar-refractivity contribution in [3.05, 3.63) is 71.2 Å². The van der Waals surface area contributed by atoms with Gasteiger partial charge < -0.3 is 14.8 Å². The van der Waals surface area contributed by atoms with Crippen LogP contribution in [0.15, 0.2) is 81.1 Å². The van der Waals surface area contributed by atoms with Crippen molar-refractivity contribution in [1.29, 1.82) is 0 Å². The Hall–Kier alpha value is -3.70. The number of methoxy groups -OCH3 is 2. The first-order chi connectivity index (χ1) is 16.4. The van der Waals surface area contributed by atoms with E-state index in [1.807, 2.05) is 24.3 Å². The Bertz CT molecular complexity index is 1640. The third-order valence-corrected chi connectivity index (χ3v) is 7.45. The monoisotopic (exact) mass is 539 g/mol. The van der Waals surface area contributed by atoms with Gasteiger partial charge >= 0.3 is 0 Å². The van der Waals surface area contributed by atoms with Crippen LogP contribution in [0, 0.1) is 0 Å². The fourth-order valence-corrected chi connectivity index (χ4v) is 5.08. The number of sulfone groups is 1. The zero-order valence-corrected chi connectivity index (χ0v) is 20.5. The third-order valence-electron chi connectivity index (χ3n) is 5.26. The molecule has 0 aliphatic rings. The molecule has 172 valence electrons. The lowest BCUT2D eigenvalue weighted by molar-refractivity contribution is 0.405. The number of ether oxygens (including phenoxy) is 2. The summed E-state index contributed by atoms with van der Waals surface area (Å²) in [6.07, 6.45) is 0. The highest BCUT2D eigenvalue weighted by atomic mass is 79.9. The van der Waals surface area contributed by atoms with Gasteiger partial charge in [-0.15, -0.1) is 5.10 Å². The molecule has 0 bridgehead atoms. The summed E-state index contributed by atoms with van der Waals surface area (Å²) in [5.74, 6) is 1.61. The second-order valence-electron chi connectivity index (χ2n) is 7.26. The maximum atomic E-state index is 13.4. The molecule has 2 aromatic heterocycles. The molecule has 0 unspecified atom stereocenters. The van der Waals surface area contributed by atoms with E-state index in [9.17, 15) is 8.42 Å². The summed E-state index contributed by atoms with van der Waals surface area (Å²) in [5.41, 5.74) is 1.35. The normalized spacial score (nSPS) is 11.6. The number of anilines is 2. The molecule has 0 aliphatic carbocycles. The van der Waals surface area contributed by atoms with Crippen molar-refractivity contribution in [2.45, 2.75) is 9.92 Å². The van der Waals surface area contributed by atoms with Crippen LogP contribution in [0.2, 0.25) is 0 Å². The molecule has 11 heteroatoms. The minimum Gasteiger partial charge on any atom is -0.497 e. The largest absolute Gasteiger partial charge is 0.497 e. The SMILES string of the molecule is COc1ccc(OC)c(Nc2nc3c(S(=O)(=O)c4ccc(Br)cc4)nnn3c3ccccc23)c1. The molecule has 2 heterocycles. The highest BCUT2D eigenvalue weighted by Crippen LogP contribution is 2.34. The molecular formula is C23H18BrN5O4S. The van der Waals surface area contributed by atoms with E-state index in [1.54, 1.807) is 44.6 Å². The van der Waals surface area contributed by atoms with Crippen LogP contribution in [-0.2, 0) is 9.84 Å². The molecule has 0 amide bonds. The molecule has 0 saturated carbocycles. The van der Waals surface area contributed by atoms with Gasteiger partial charge in [-0.3, -0.25) is 0 Å². The lowest BCUT2D eigenvalue weighted by Gasteiger charge is -2.14. The first-order valence-electron chi connectivity index (χ1n) is 10.1. The second kappa shape index (κ2) is 8.58. The van der Waals surface area contributed by atoms with E-state index >= 15 is 0 Å². The Balaban J connectivity index is 1.73. The maximum absolute atomic E-state index is 13.4. The number of para-hydroxylation sites is 1. The van der Waals surface area contributed by atoms with Crippen molar-refractivity contribution in [3.63, 3.8) is 0 Å². The number of hydrogen-bond acceptors (Lipinski definition) is 8. The maximum Gasteiger partial charge on any atom is 0.229 e. The summed E-state index contributed by atoms with van der Waals surface area (Å²) >= 11 is 3.32. The van der Waals surface area contributed by atoms with Crippen LogP contribution < -0.4 is 14.8 Å². The van der Waals surface area contributed by atoms with Crippen molar-refractivity contribution in [2.75, 3.05) is 19.5 Å². The molecule has 9 nitrogen and oxygen atoms in total. The molecular weight excluding hydrogens is 522 g/mol. The Kier molecular flexibility index (Phi) is 5.58. The van der Waals surface area contributed by atoms with E-state index in [2.05, 4.69) is 36.5 Å². The molecule has 3 aromatic carbocycles. The van der Waals surface area contributed by atoms with Crippen LogP contribution in [0.5, 0.6) is 11.5 Å². The average Bonchev–Trinajstić information content (AvgIpc) is 3.29. The van der Waals surface area contributed by atoms with E-state index < -0.39 is 9.84 Å². The van der Waals surface area contributed by atoms with Gasteiger partial charge in [0.05, 0.1) is 30.3 Å². The topological polar surface area (TPSA) is 108 Å². The molecule has 0 saturated heterocycles. The highest BCUT2D eigenvalue weighted by Gasteiger charge is 2.27. The first kappa shape index (κ1) is 22.1. The number of nitrogens with zero attached hydrogens (tertiary/aromatic N) is 4. The van der Waals surface area contributed by atoms with Crippen LogP contribution in [0.25, 0.3) is 16.6 Å². The van der Waals surface area contributed by atoms with Crippen molar-refractivity contribution < 1.29 is 17.9 Å². The molecule has 0 aliphatic heterocycles. The van der Waals surface area contributed by atoms with E-state index in [0.717, 1.165) is 9.86 Å². The van der Waals surface area contributed by atoms with Gasteiger partial charge in [0.15, 0.2) is 5.65 Å². The lowest BCUT2D eigenvalue weighted by Crippen LogP contribution is -2.06. The van der Waals surface area contributed by atoms with Gasteiger partial charge in [-0.1, -0.05) is 33.3 Å². The van der Waals surface area contributed by atoms with E-state index in [-0.39, 0.29) is 15.6 Å². The summed E-state index contributed by atoms with van der Waals surface area (Å²) in [6, 6.07) is 19.0. The second-order valence-corrected chi connectivity index (χ2v) is 10.0. The van der Waals surface area contributed by atoms with Gasteiger partial charge in [0.1, 0.15) is 17.3 Å². The predicted molar refractivity (Wildman–Crippen MR) is 131 cm³/mol. The Morgan fingerprint density at radius 1 is 0.971 bits per heavy atom. The summed E-state index contributed by atoms with van der Waals surface area (Å²) in [6.45, 7) is 0. The van der Waals surface area contributed by atoms with E-state index in [4.69, 9.17) is 9.47 Å². The zero-order chi connectivity index (χ0) is 23.9. The van der Waals surface area contributed by atoms with Crippen LogP contribution in [0.4, 0.5) is 11.5 Å². The number of benzene rings is 3. The Morgan fingerprint density at radius 3 is 2.47 bits per heavy atom. The van der Waals surface area contributed by atoms with Crippen molar-refractivity contribution in [2.24, 2.45) is 0 Å². The number of aromatic nitrogens is 4. The molecule has 0 atom stereocenters. The number of fused-ring (bicyclic) bond motifs is 3. The Labute approximate surface area is 203 Å². The molecule has 34 heavy (non-hydrogen) atoms. The average molecular weight is 540 g/mol. The molecule has 0 spiro atoms. The minimum absolute atomic E-state index is 0.0945. The van der Waals surface area contributed by atoms with Crippen molar-refractivity contribution >= 4 is 53.8 Å². The summed E-state index contributed by atoms with van der Waals surface area (Å²) in [4.78, 5) is 4.74. The summed E-state index contributed by atoms with van der Waals surface area (Å²) in [7, 11) is -0.838. The first-order valence-corrected chi connectivity index (χ1v) is 12.3. The lowest BCUT2D eigenvalue weighted by atomic mass is 10.2. The fraction of sp³-hybridized carbons (Fsp3) is 0.0870. The minimum atomic E-state index is -3.97. The number of nitrogens with one attached hydrogen (secondary N) is 1. The van der Waals surface area contributed by atoms with Crippen LogP contribution in [-0.4, -0.2) is 42.4 Å². The van der Waals surface area contributed by atoms with E-state index in [0.29, 0.717) is 28.5 Å². The number of hydrogen-bond donors (Lipinski definition) is 1. The van der Waals surface area contributed by atoms with Gasteiger partial charge in [-0.05, 0) is 48.5 Å². The summed E-state index contributed by atoms with van der Waals surface area (Å²) in [5, 5.41) is 11.9. The fourth-order valence-electron chi connectivity index (χ4n) is 3.58. The molecule has 0 fully saturated rings. The quantitative estimate of drug-likeness (QED) is 0.332. The van der Waals surface area contributed by atoms with Gasteiger partial charge in [0.25, 0.3) is 0 Å². The molecule has 1 N–H and O–H groups in total. The van der Waals surface area contributed by atoms with Gasteiger partial charge in [-0.2, -0.15) is 4.52 Å². The van der Waals surface area contributed by atoms with Gasteiger partial charge in [0, 0.05) is 15.9 Å². The predicted octanol–water partition coefficient (Wildman–Crippen LogP) is 4.63. The Morgan fingerprint density at radius 2 is 1.74 bits per heavy atom. The standard InChI is InChI=1S/C23H18BrN5O4S/c1-32-15-9-12-20(33-2)18(13-15)25-21-17-5-3-4-6-19(17)29-22(26-21)23(27-28-29)34(30,31)16-10-7-14(24)8-11-16/h3-13H,1-2H3,(H,25,26). The van der Waals surface area contributed by atoms with Crippen molar-refractivity contribution in [3.8, 4) is 11.5 Å². The van der Waals surface area contributed by atoms with E-state index in [1.165, 1.54) is 16.6 Å².